The number of fused-ring (bicyclic) bond motifs is 1. The molecule has 0 saturated carbocycles. The van der Waals surface area contributed by atoms with E-state index in [0.717, 1.165) is 17.8 Å². The van der Waals surface area contributed by atoms with Gasteiger partial charge in [-0.25, -0.2) is 4.79 Å². The number of nitrogens with zero attached hydrogens (tertiary/aromatic N) is 6. The van der Waals surface area contributed by atoms with Crippen LogP contribution in [0.2, 0.25) is 0 Å². The van der Waals surface area contributed by atoms with Crippen molar-refractivity contribution < 1.29 is 9.59 Å². The monoisotopic (exact) mass is 393 g/mol. The molecule has 1 atom stereocenters. The summed E-state index contributed by atoms with van der Waals surface area (Å²) in [5, 5.41) is 11.5. The molecule has 9 nitrogen and oxygen atoms in total. The molecule has 0 aromatic carbocycles. The third-order valence-corrected chi connectivity index (χ3v) is 5.10. The molecule has 0 aliphatic carbocycles. The minimum absolute atomic E-state index is 0.00232. The largest absolute Gasteiger partial charge is 0.348 e. The lowest BCUT2D eigenvalue weighted by atomic mass is 10.1. The first-order chi connectivity index (χ1) is 14.0. The fourth-order valence-corrected chi connectivity index (χ4v) is 3.53. The molecule has 3 aromatic heterocycles. The summed E-state index contributed by atoms with van der Waals surface area (Å²) >= 11 is 0. The summed E-state index contributed by atoms with van der Waals surface area (Å²) in [6.07, 6.45) is 5.98. The van der Waals surface area contributed by atoms with Gasteiger partial charge in [-0.15, -0.1) is 10.2 Å². The van der Waals surface area contributed by atoms with Gasteiger partial charge in [0.15, 0.2) is 5.65 Å². The summed E-state index contributed by atoms with van der Waals surface area (Å²) in [7, 11) is 3.50. The van der Waals surface area contributed by atoms with Gasteiger partial charge in [-0.05, 0) is 36.2 Å². The van der Waals surface area contributed by atoms with Crippen molar-refractivity contribution in [3.05, 3.63) is 59.8 Å². The topological polar surface area (TPSA) is 95.7 Å². The van der Waals surface area contributed by atoms with Gasteiger partial charge in [-0.3, -0.25) is 14.2 Å². The maximum Gasteiger partial charge on any atom is 0.319 e. The molecule has 9 heteroatoms. The first-order valence-electron chi connectivity index (χ1n) is 9.51. The van der Waals surface area contributed by atoms with Crippen LogP contribution in [0.25, 0.3) is 5.65 Å². The molecule has 4 rings (SSSR count). The number of pyridine rings is 2. The molecule has 150 valence electrons. The van der Waals surface area contributed by atoms with E-state index in [1.807, 2.05) is 21.4 Å². The number of likely N-dealkylation sites (tertiary alicyclic amines) is 1. The van der Waals surface area contributed by atoms with Crippen molar-refractivity contribution in [3.63, 3.8) is 0 Å². The van der Waals surface area contributed by atoms with E-state index in [2.05, 4.69) is 20.5 Å². The average Bonchev–Trinajstić information content (AvgIpc) is 3.38. The predicted molar refractivity (Wildman–Crippen MR) is 106 cm³/mol. The Morgan fingerprint density at radius 1 is 1.17 bits per heavy atom. The van der Waals surface area contributed by atoms with Crippen molar-refractivity contribution in [3.8, 4) is 0 Å². The molecular weight excluding hydrogens is 370 g/mol. The highest BCUT2D eigenvalue weighted by Gasteiger charge is 2.31. The lowest BCUT2D eigenvalue weighted by molar-refractivity contribution is 0.0950. The fourth-order valence-electron chi connectivity index (χ4n) is 3.53. The van der Waals surface area contributed by atoms with Gasteiger partial charge >= 0.3 is 6.03 Å². The van der Waals surface area contributed by atoms with Crippen molar-refractivity contribution in [2.45, 2.75) is 18.9 Å². The number of nitrogens with one attached hydrogen (secondary N) is 1. The van der Waals surface area contributed by atoms with Gasteiger partial charge in [0.05, 0.1) is 5.56 Å². The Morgan fingerprint density at radius 2 is 1.97 bits per heavy atom. The van der Waals surface area contributed by atoms with Crippen LogP contribution >= 0.6 is 0 Å². The van der Waals surface area contributed by atoms with Gasteiger partial charge in [-0.1, -0.05) is 0 Å². The van der Waals surface area contributed by atoms with Crippen LogP contribution in [0.5, 0.6) is 0 Å². The molecule has 0 radical (unpaired) electrons. The highest BCUT2D eigenvalue weighted by molar-refractivity contribution is 5.94. The summed E-state index contributed by atoms with van der Waals surface area (Å²) in [5.74, 6) is 0.695. The number of carbonyl (C=O) groups excluding carboxylic acids is 2. The van der Waals surface area contributed by atoms with Gasteiger partial charge < -0.3 is 15.1 Å². The standard InChI is InChI=1S/C20H23N7O2/c1-25(2)20(29)26-10-7-15(12-26)18-24-23-17-4-3-16(13-27(17)18)19(28)22-11-14-5-8-21-9-6-14/h3-6,8-9,13,15H,7,10-12H2,1-2H3,(H,22,28). The highest BCUT2D eigenvalue weighted by atomic mass is 16.2. The molecule has 1 unspecified atom stereocenters. The molecule has 0 spiro atoms. The molecule has 29 heavy (non-hydrogen) atoms. The number of hydrogen-bond donors (Lipinski definition) is 1. The summed E-state index contributed by atoms with van der Waals surface area (Å²) < 4.78 is 1.86. The van der Waals surface area contributed by atoms with Gasteiger partial charge in [0.2, 0.25) is 0 Å². The Bertz CT molecular complexity index is 1030. The van der Waals surface area contributed by atoms with Crippen LogP contribution in [-0.4, -0.2) is 68.5 Å². The molecule has 1 saturated heterocycles. The van der Waals surface area contributed by atoms with E-state index in [0.29, 0.717) is 30.8 Å². The van der Waals surface area contributed by atoms with Gasteiger partial charge in [-0.2, -0.15) is 0 Å². The molecule has 3 amide bonds. The van der Waals surface area contributed by atoms with Crippen LogP contribution in [0.4, 0.5) is 4.79 Å². The second kappa shape index (κ2) is 7.86. The Kier molecular flexibility index (Phi) is 5.11. The summed E-state index contributed by atoms with van der Waals surface area (Å²) in [5.41, 5.74) is 2.20. The first kappa shape index (κ1) is 18.9. The van der Waals surface area contributed by atoms with Gasteiger partial charge in [0.1, 0.15) is 5.82 Å². The van der Waals surface area contributed by atoms with E-state index in [4.69, 9.17) is 0 Å². The first-order valence-corrected chi connectivity index (χ1v) is 9.51. The molecule has 4 heterocycles. The van der Waals surface area contributed by atoms with Crippen LogP contribution < -0.4 is 5.32 Å². The smallest absolute Gasteiger partial charge is 0.319 e. The number of rotatable bonds is 4. The third-order valence-electron chi connectivity index (χ3n) is 5.10. The minimum Gasteiger partial charge on any atom is -0.348 e. The van der Waals surface area contributed by atoms with Crippen molar-refractivity contribution in [2.24, 2.45) is 0 Å². The van der Waals surface area contributed by atoms with E-state index in [1.165, 1.54) is 0 Å². The van der Waals surface area contributed by atoms with Gasteiger partial charge in [0.25, 0.3) is 5.91 Å². The van der Waals surface area contributed by atoms with Crippen molar-refractivity contribution in [2.75, 3.05) is 27.2 Å². The van der Waals surface area contributed by atoms with Crippen LogP contribution in [0, 0.1) is 0 Å². The summed E-state index contributed by atoms with van der Waals surface area (Å²) in [4.78, 5) is 32.2. The number of carbonyl (C=O) groups is 2. The van der Waals surface area contributed by atoms with Crippen LogP contribution in [0.3, 0.4) is 0 Å². The van der Waals surface area contributed by atoms with E-state index < -0.39 is 0 Å². The minimum atomic E-state index is -0.167. The SMILES string of the molecule is CN(C)C(=O)N1CCC(c2nnc3ccc(C(=O)NCc4ccncc4)cn23)C1. The average molecular weight is 393 g/mol. The van der Waals surface area contributed by atoms with E-state index in [-0.39, 0.29) is 17.9 Å². The number of urea groups is 1. The van der Waals surface area contributed by atoms with Crippen molar-refractivity contribution in [1.82, 2.24) is 34.7 Å². The molecule has 1 aliphatic heterocycles. The summed E-state index contributed by atoms with van der Waals surface area (Å²) in [6.45, 7) is 1.71. The Balaban J connectivity index is 1.51. The zero-order valence-electron chi connectivity index (χ0n) is 16.4. The zero-order valence-corrected chi connectivity index (χ0v) is 16.4. The van der Waals surface area contributed by atoms with Crippen LogP contribution in [0.15, 0.2) is 42.9 Å². The third kappa shape index (κ3) is 3.89. The lowest BCUT2D eigenvalue weighted by Crippen LogP contribution is -2.37. The van der Waals surface area contributed by atoms with Crippen molar-refractivity contribution >= 4 is 17.6 Å². The maximum absolute atomic E-state index is 12.6. The Morgan fingerprint density at radius 3 is 2.72 bits per heavy atom. The predicted octanol–water partition coefficient (Wildman–Crippen LogP) is 1.53. The van der Waals surface area contributed by atoms with E-state index >= 15 is 0 Å². The normalized spacial score (nSPS) is 16.2. The molecule has 1 N–H and O–H groups in total. The van der Waals surface area contributed by atoms with Crippen LogP contribution in [-0.2, 0) is 6.54 Å². The Labute approximate surface area is 168 Å². The molecule has 1 aliphatic rings. The molecule has 1 fully saturated rings. The number of amides is 3. The zero-order chi connectivity index (χ0) is 20.4. The molecular formula is C20H23N7O2. The second-order valence-electron chi connectivity index (χ2n) is 7.35. The highest BCUT2D eigenvalue weighted by Crippen LogP contribution is 2.27. The van der Waals surface area contributed by atoms with E-state index in [9.17, 15) is 9.59 Å². The number of aromatic nitrogens is 4. The number of hydrogen-bond acceptors (Lipinski definition) is 5. The Hall–Kier alpha value is -3.49. The quantitative estimate of drug-likeness (QED) is 0.725. The lowest BCUT2D eigenvalue weighted by Gasteiger charge is -2.21. The molecule has 0 bridgehead atoms. The second-order valence-corrected chi connectivity index (χ2v) is 7.35. The van der Waals surface area contributed by atoms with Gasteiger partial charge in [0, 0.05) is 58.2 Å². The van der Waals surface area contributed by atoms with Crippen LogP contribution in [0.1, 0.15) is 34.1 Å². The maximum atomic E-state index is 12.6. The fraction of sp³-hybridized carbons (Fsp3) is 0.350. The van der Waals surface area contributed by atoms with E-state index in [1.54, 1.807) is 49.7 Å². The summed E-state index contributed by atoms with van der Waals surface area (Å²) in [6, 6.07) is 7.25. The molecule has 3 aromatic rings. The van der Waals surface area contributed by atoms with Crippen molar-refractivity contribution in [1.29, 1.82) is 0 Å².